The molecule has 0 fully saturated rings. The van der Waals surface area contributed by atoms with Crippen LogP contribution in [-0.4, -0.2) is 47.8 Å². The lowest BCUT2D eigenvalue weighted by Gasteiger charge is -2.21. The van der Waals surface area contributed by atoms with Gasteiger partial charge in [0, 0.05) is 37.0 Å². The Morgan fingerprint density at radius 3 is 2.91 bits per heavy atom. The van der Waals surface area contributed by atoms with Gasteiger partial charge in [-0.15, -0.1) is 11.3 Å². The number of nitrogens with zero attached hydrogens (tertiary/aromatic N) is 2. The number of aromatic carboxylic acids is 1. The Labute approximate surface area is 190 Å². The van der Waals surface area contributed by atoms with E-state index in [1.54, 1.807) is 13.2 Å². The molecule has 0 bridgehead atoms. The second-order valence-corrected chi connectivity index (χ2v) is 8.41. The maximum atomic E-state index is 11.5. The van der Waals surface area contributed by atoms with Crippen molar-refractivity contribution < 1.29 is 19.4 Å². The van der Waals surface area contributed by atoms with Crippen molar-refractivity contribution in [1.82, 2.24) is 9.97 Å². The molecule has 0 saturated carbocycles. The maximum Gasteiger partial charge on any atom is 0.349 e. The molecule has 3 aromatic rings. The molecule has 1 aromatic carbocycles. The van der Waals surface area contributed by atoms with Crippen LogP contribution in [0.4, 0.5) is 11.5 Å². The Balaban J connectivity index is 1.46. The van der Waals surface area contributed by atoms with E-state index in [1.165, 1.54) is 11.9 Å². The van der Waals surface area contributed by atoms with Gasteiger partial charge in [0.15, 0.2) is 4.88 Å². The molecule has 0 saturated heterocycles. The van der Waals surface area contributed by atoms with Crippen LogP contribution in [0.1, 0.15) is 34.1 Å². The number of ether oxygens (including phenoxy) is 2. The number of nitrogens with one attached hydrogen (secondary N) is 2. The second kappa shape index (κ2) is 9.86. The van der Waals surface area contributed by atoms with Crippen molar-refractivity contribution >= 4 is 28.8 Å². The van der Waals surface area contributed by atoms with E-state index in [2.05, 4.69) is 32.7 Å². The van der Waals surface area contributed by atoms with Crippen LogP contribution in [0.3, 0.4) is 0 Å². The van der Waals surface area contributed by atoms with Gasteiger partial charge in [0.25, 0.3) is 0 Å². The van der Waals surface area contributed by atoms with Crippen LogP contribution in [0, 0.1) is 0 Å². The number of aryl methyl sites for hydroxylation is 1. The Kier molecular flexibility index (Phi) is 6.75. The zero-order valence-electron chi connectivity index (χ0n) is 18.1. The van der Waals surface area contributed by atoms with E-state index in [9.17, 15) is 9.90 Å². The topological polar surface area (TPSA) is 106 Å². The number of methoxy groups -OCH3 is 1. The lowest BCUT2D eigenvalue weighted by molar-refractivity contribution is 0.0698. The molecule has 1 aliphatic heterocycles. The van der Waals surface area contributed by atoms with Crippen LogP contribution in [0.25, 0.3) is 10.6 Å². The van der Waals surface area contributed by atoms with E-state index < -0.39 is 5.97 Å². The van der Waals surface area contributed by atoms with Crippen LogP contribution in [0.2, 0.25) is 0 Å². The van der Waals surface area contributed by atoms with Crippen molar-refractivity contribution in [2.75, 3.05) is 37.4 Å². The minimum atomic E-state index is -1.01. The number of carboxylic acid groups (broad SMARTS) is 1. The number of hydrogen-bond acceptors (Lipinski definition) is 8. The molecule has 0 amide bonds. The summed E-state index contributed by atoms with van der Waals surface area (Å²) in [6, 6.07) is 7.85. The van der Waals surface area contributed by atoms with Gasteiger partial charge in [-0.1, -0.05) is 0 Å². The molecule has 0 atom stereocenters. The van der Waals surface area contributed by atoms with E-state index in [1.807, 2.05) is 13.0 Å². The van der Waals surface area contributed by atoms with Crippen LogP contribution in [0.5, 0.6) is 11.5 Å². The number of hydrogen-bond donors (Lipinski definition) is 3. The molecule has 0 spiro atoms. The van der Waals surface area contributed by atoms with E-state index in [-0.39, 0.29) is 4.88 Å². The number of rotatable bonds is 9. The summed E-state index contributed by atoms with van der Waals surface area (Å²) in [6.45, 7) is 3.89. The van der Waals surface area contributed by atoms with Gasteiger partial charge in [0.1, 0.15) is 23.6 Å². The molecule has 3 heterocycles. The molecular formula is C23H26N4O4S. The number of carbonyl (C=O) groups is 1. The van der Waals surface area contributed by atoms with Crippen LogP contribution in [-0.2, 0) is 12.8 Å². The summed E-state index contributed by atoms with van der Waals surface area (Å²) < 4.78 is 11.1. The van der Waals surface area contributed by atoms with Crippen molar-refractivity contribution in [3.8, 4) is 22.1 Å². The summed E-state index contributed by atoms with van der Waals surface area (Å²) in [6.07, 6.45) is 4.47. The fourth-order valence-corrected chi connectivity index (χ4v) is 4.67. The standard InChI is InChI=1S/C23H26N4O4S/c1-3-31-19-12-20(32-22(19)23(28)29)17-11-21(27-13-26-17)25-8-6-15-9-14-5-4-7-24-16(14)10-18(15)30-2/h9-13,24H,3-8H2,1-2H3,(H,28,29)(H,25,26,27). The van der Waals surface area contributed by atoms with Gasteiger partial charge < -0.3 is 25.2 Å². The van der Waals surface area contributed by atoms with Gasteiger partial charge in [-0.2, -0.15) is 0 Å². The Bertz CT molecular complexity index is 1120. The number of carboxylic acids is 1. The number of benzene rings is 1. The summed E-state index contributed by atoms with van der Waals surface area (Å²) in [5, 5.41) is 16.2. The fraction of sp³-hybridized carbons (Fsp3) is 0.348. The molecule has 4 rings (SSSR count). The average molecular weight is 455 g/mol. The van der Waals surface area contributed by atoms with Crippen LogP contribution >= 0.6 is 11.3 Å². The minimum Gasteiger partial charge on any atom is -0.496 e. The lowest BCUT2D eigenvalue weighted by atomic mass is 9.98. The first-order valence-corrected chi connectivity index (χ1v) is 11.4. The molecular weight excluding hydrogens is 428 g/mol. The highest BCUT2D eigenvalue weighted by molar-refractivity contribution is 7.17. The monoisotopic (exact) mass is 454 g/mol. The average Bonchev–Trinajstić information content (AvgIpc) is 3.23. The maximum absolute atomic E-state index is 11.5. The summed E-state index contributed by atoms with van der Waals surface area (Å²) in [4.78, 5) is 21.0. The molecule has 9 heteroatoms. The largest absolute Gasteiger partial charge is 0.496 e. The van der Waals surface area contributed by atoms with Gasteiger partial charge in [0.05, 0.1) is 24.3 Å². The molecule has 0 unspecified atom stereocenters. The summed E-state index contributed by atoms with van der Waals surface area (Å²) in [7, 11) is 1.70. The Morgan fingerprint density at radius 1 is 1.25 bits per heavy atom. The van der Waals surface area contributed by atoms with Crippen molar-refractivity contribution in [1.29, 1.82) is 0 Å². The normalized spacial score (nSPS) is 12.6. The quantitative estimate of drug-likeness (QED) is 0.439. The summed E-state index contributed by atoms with van der Waals surface area (Å²) >= 11 is 1.14. The van der Waals surface area contributed by atoms with E-state index in [0.717, 1.165) is 59.0 Å². The van der Waals surface area contributed by atoms with Crippen LogP contribution < -0.4 is 20.1 Å². The molecule has 0 aliphatic carbocycles. The van der Waals surface area contributed by atoms with E-state index in [4.69, 9.17) is 9.47 Å². The van der Waals surface area contributed by atoms with Crippen molar-refractivity contribution in [3.63, 3.8) is 0 Å². The SMILES string of the molecule is CCOc1cc(-c2cc(NCCc3cc4c(cc3OC)NCCC4)ncn2)sc1C(=O)O. The third-order valence-electron chi connectivity index (χ3n) is 5.26. The molecule has 3 N–H and O–H groups in total. The Hall–Kier alpha value is -3.33. The highest BCUT2D eigenvalue weighted by Gasteiger charge is 2.18. The first-order valence-electron chi connectivity index (χ1n) is 10.6. The van der Waals surface area contributed by atoms with Crippen molar-refractivity contribution in [2.45, 2.75) is 26.2 Å². The predicted molar refractivity (Wildman–Crippen MR) is 125 cm³/mol. The fourth-order valence-electron chi connectivity index (χ4n) is 3.76. The number of anilines is 2. The van der Waals surface area contributed by atoms with Crippen LogP contribution in [0.15, 0.2) is 30.6 Å². The third-order valence-corrected chi connectivity index (χ3v) is 6.38. The summed E-state index contributed by atoms with van der Waals surface area (Å²) in [5.41, 5.74) is 4.29. The molecule has 168 valence electrons. The first-order chi connectivity index (χ1) is 15.6. The highest BCUT2D eigenvalue weighted by atomic mass is 32.1. The van der Waals surface area contributed by atoms with Gasteiger partial charge in [0.2, 0.25) is 0 Å². The second-order valence-electron chi connectivity index (χ2n) is 7.36. The predicted octanol–water partition coefficient (Wildman–Crippen LogP) is 4.32. The number of thiophene rings is 1. The minimum absolute atomic E-state index is 0.170. The number of fused-ring (bicyclic) bond motifs is 1. The van der Waals surface area contributed by atoms with E-state index in [0.29, 0.717) is 30.4 Å². The van der Waals surface area contributed by atoms with Crippen molar-refractivity contribution in [2.24, 2.45) is 0 Å². The van der Waals surface area contributed by atoms with Gasteiger partial charge in [-0.05, 0) is 43.4 Å². The molecule has 0 radical (unpaired) electrons. The summed E-state index contributed by atoms with van der Waals surface area (Å²) in [5.74, 6) is 0.914. The molecule has 8 nitrogen and oxygen atoms in total. The molecule has 32 heavy (non-hydrogen) atoms. The zero-order valence-corrected chi connectivity index (χ0v) is 18.9. The highest BCUT2D eigenvalue weighted by Crippen LogP contribution is 2.36. The zero-order chi connectivity index (χ0) is 22.5. The third kappa shape index (κ3) is 4.77. The van der Waals surface area contributed by atoms with Crippen molar-refractivity contribution in [3.05, 3.63) is 46.6 Å². The number of aromatic nitrogens is 2. The van der Waals surface area contributed by atoms with Gasteiger partial charge in [-0.3, -0.25) is 0 Å². The van der Waals surface area contributed by atoms with Gasteiger partial charge in [-0.25, -0.2) is 14.8 Å². The van der Waals surface area contributed by atoms with Gasteiger partial charge >= 0.3 is 5.97 Å². The lowest BCUT2D eigenvalue weighted by Crippen LogP contribution is -2.13. The van der Waals surface area contributed by atoms with E-state index >= 15 is 0 Å². The Morgan fingerprint density at radius 2 is 2.12 bits per heavy atom. The first kappa shape index (κ1) is 21.9. The molecule has 2 aromatic heterocycles. The molecule has 1 aliphatic rings. The smallest absolute Gasteiger partial charge is 0.349 e.